The molecule has 0 heterocycles. The lowest BCUT2D eigenvalue weighted by Crippen LogP contribution is -2.29. The zero-order valence-corrected chi connectivity index (χ0v) is 11.7. The van der Waals surface area contributed by atoms with Crippen LogP contribution in [0, 0.1) is 11.6 Å². The van der Waals surface area contributed by atoms with E-state index in [-0.39, 0.29) is 6.04 Å². The molecule has 0 spiro atoms. The van der Waals surface area contributed by atoms with E-state index < -0.39 is 11.6 Å². The molecule has 2 aromatic carbocycles. The fourth-order valence-electron chi connectivity index (χ4n) is 3.05. The molecular weight excluding hydrogens is 270 g/mol. The first-order chi connectivity index (χ1) is 10.2. The van der Waals surface area contributed by atoms with E-state index in [4.69, 9.17) is 5.84 Å². The van der Waals surface area contributed by atoms with E-state index in [0.29, 0.717) is 12.0 Å². The molecule has 0 radical (unpaired) electrons. The van der Waals surface area contributed by atoms with Gasteiger partial charge in [-0.3, -0.25) is 11.3 Å². The molecule has 3 rings (SSSR count). The van der Waals surface area contributed by atoms with Crippen LogP contribution in [0.1, 0.15) is 34.7 Å². The maximum atomic E-state index is 13.3. The van der Waals surface area contributed by atoms with E-state index >= 15 is 0 Å². The molecule has 0 aliphatic heterocycles. The van der Waals surface area contributed by atoms with Crippen molar-refractivity contribution in [3.8, 4) is 0 Å². The molecule has 1 aliphatic rings. The summed E-state index contributed by atoms with van der Waals surface area (Å²) in [7, 11) is 0. The number of hydrazine groups is 1. The van der Waals surface area contributed by atoms with Gasteiger partial charge >= 0.3 is 0 Å². The molecule has 0 aromatic heterocycles. The van der Waals surface area contributed by atoms with Crippen LogP contribution in [0.25, 0.3) is 0 Å². The summed E-state index contributed by atoms with van der Waals surface area (Å²) >= 11 is 0. The maximum Gasteiger partial charge on any atom is 0.126 e. The van der Waals surface area contributed by atoms with Crippen LogP contribution in [-0.2, 0) is 19.3 Å². The number of halogens is 2. The summed E-state index contributed by atoms with van der Waals surface area (Å²) in [4.78, 5) is 0. The number of rotatable bonds is 4. The van der Waals surface area contributed by atoms with Gasteiger partial charge in [0.25, 0.3) is 0 Å². The van der Waals surface area contributed by atoms with Crippen molar-refractivity contribution in [3.63, 3.8) is 0 Å². The van der Waals surface area contributed by atoms with Crippen LogP contribution in [0.2, 0.25) is 0 Å². The van der Waals surface area contributed by atoms with Gasteiger partial charge in [0.15, 0.2) is 0 Å². The highest BCUT2D eigenvalue weighted by Gasteiger charge is 2.16. The average molecular weight is 288 g/mol. The van der Waals surface area contributed by atoms with Crippen LogP contribution >= 0.6 is 0 Å². The summed E-state index contributed by atoms with van der Waals surface area (Å²) in [6, 6.07) is 9.75. The Morgan fingerprint density at radius 3 is 2.43 bits per heavy atom. The van der Waals surface area contributed by atoms with E-state index in [1.54, 1.807) is 0 Å². The molecule has 2 nitrogen and oxygen atoms in total. The second-order valence-electron chi connectivity index (χ2n) is 5.58. The molecular formula is C17H18F2N2. The molecule has 1 unspecified atom stereocenters. The van der Waals surface area contributed by atoms with Gasteiger partial charge < -0.3 is 0 Å². The number of aryl methyl sites for hydroxylation is 2. The van der Waals surface area contributed by atoms with E-state index in [1.807, 2.05) is 6.07 Å². The van der Waals surface area contributed by atoms with Gasteiger partial charge in [-0.1, -0.05) is 18.2 Å². The first kappa shape index (κ1) is 14.2. The second kappa shape index (κ2) is 5.92. The lowest BCUT2D eigenvalue weighted by Gasteiger charge is -2.18. The highest BCUT2D eigenvalue weighted by Crippen LogP contribution is 2.27. The summed E-state index contributed by atoms with van der Waals surface area (Å²) in [5, 5.41) is 0. The number of benzene rings is 2. The molecule has 0 saturated carbocycles. The average Bonchev–Trinajstić information content (AvgIpc) is 2.91. The minimum Gasteiger partial charge on any atom is -0.271 e. The summed E-state index contributed by atoms with van der Waals surface area (Å²) in [6.07, 6.45) is 3.86. The van der Waals surface area contributed by atoms with Crippen LogP contribution in [0.3, 0.4) is 0 Å². The Bertz CT molecular complexity index is 635. The third-order valence-corrected chi connectivity index (χ3v) is 4.09. The fraction of sp³-hybridized carbons (Fsp3) is 0.294. The lowest BCUT2D eigenvalue weighted by atomic mass is 9.96. The molecule has 3 N–H and O–H groups in total. The molecule has 2 aromatic rings. The van der Waals surface area contributed by atoms with Crippen LogP contribution in [0.4, 0.5) is 8.78 Å². The van der Waals surface area contributed by atoms with Crippen molar-refractivity contribution < 1.29 is 8.78 Å². The van der Waals surface area contributed by atoms with Gasteiger partial charge in [-0.05, 0) is 60.1 Å². The number of hydrogen-bond acceptors (Lipinski definition) is 2. The van der Waals surface area contributed by atoms with Crippen molar-refractivity contribution in [1.29, 1.82) is 0 Å². The van der Waals surface area contributed by atoms with Gasteiger partial charge in [0.2, 0.25) is 0 Å². The molecule has 21 heavy (non-hydrogen) atoms. The third kappa shape index (κ3) is 3.12. The third-order valence-electron chi connectivity index (χ3n) is 4.09. The van der Waals surface area contributed by atoms with Crippen molar-refractivity contribution in [3.05, 3.63) is 70.3 Å². The summed E-state index contributed by atoms with van der Waals surface area (Å²) in [5.41, 5.74) is 7.16. The SMILES string of the molecule is NNC(Cc1cc(F)cc(F)c1)c1ccc2c(c1)CCC2. The van der Waals surface area contributed by atoms with Gasteiger partial charge in [-0.15, -0.1) is 0 Å². The quantitative estimate of drug-likeness (QED) is 0.670. The topological polar surface area (TPSA) is 38.0 Å². The van der Waals surface area contributed by atoms with Crippen molar-refractivity contribution in [2.45, 2.75) is 31.7 Å². The molecule has 0 saturated heterocycles. The van der Waals surface area contributed by atoms with Gasteiger partial charge in [0.1, 0.15) is 11.6 Å². The Hall–Kier alpha value is -1.78. The maximum absolute atomic E-state index is 13.3. The van der Waals surface area contributed by atoms with Gasteiger partial charge in [-0.25, -0.2) is 8.78 Å². The van der Waals surface area contributed by atoms with Crippen LogP contribution in [0.5, 0.6) is 0 Å². The van der Waals surface area contributed by atoms with E-state index in [9.17, 15) is 8.78 Å². The summed E-state index contributed by atoms with van der Waals surface area (Å²) in [5.74, 6) is 4.52. The van der Waals surface area contributed by atoms with Crippen molar-refractivity contribution >= 4 is 0 Å². The van der Waals surface area contributed by atoms with Crippen molar-refractivity contribution in [2.75, 3.05) is 0 Å². The fourth-order valence-corrected chi connectivity index (χ4v) is 3.05. The van der Waals surface area contributed by atoms with Gasteiger partial charge in [0, 0.05) is 12.1 Å². The molecule has 0 bridgehead atoms. The van der Waals surface area contributed by atoms with E-state index in [1.165, 1.54) is 29.7 Å². The standard InChI is InChI=1S/C17H18F2N2/c18-15-6-11(7-16(19)10-15)8-17(21-20)14-5-4-12-2-1-3-13(12)9-14/h4-7,9-10,17,21H,1-3,8,20H2. The lowest BCUT2D eigenvalue weighted by molar-refractivity contribution is 0.540. The first-order valence-corrected chi connectivity index (χ1v) is 7.18. The number of fused-ring (bicyclic) bond motifs is 1. The second-order valence-corrected chi connectivity index (χ2v) is 5.58. The number of hydrogen-bond donors (Lipinski definition) is 2. The van der Waals surface area contributed by atoms with Crippen molar-refractivity contribution in [1.82, 2.24) is 5.43 Å². The summed E-state index contributed by atoms with van der Waals surface area (Å²) in [6.45, 7) is 0. The molecule has 4 heteroatoms. The molecule has 0 fully saturated rings. The summed E-state index contributed by atoms with van der Waals surface area (Å²) < 4.78 is 26.5. The molecule has 0 amide bonds. The molecule has 110 valence electrons. The van der Waals surface area contributed by atoms with E-state index in [0.717, 1.165) is 24.5 Å². The molecule has 1 aliphatic carbocycles. The van der Waals surface area contributed by atoms with Crippen molar-refractivity contribution in [2.24, 2.45) is 5.84 Å². The molecule has 1 atom stereocenters. The monoisotopic (exact) mass is 288 g/mol. The van der Waals surface area contributed by atoms with Crippen LogP contribution < -0.4 is 11.3 Å². The highest BCUT2D eigenvalue weighted by molar-refractivity contribution is 5.37. The Morgan fingerprint density at radius 1 is 1.00 bits per heavy atom. The van der Waals surface area contributed by atoms with Crippen LogP contribution in [-0.4, -0.2) is 0 Å². The first-order valence-electron chi connectivity index (χ1n) is 7.18. The Morgan fingerprint density at radius 2 is 1.71 bits per heavy atom. The van der Waals surface area contributed by atoms with Gasteiger partial charge in [0.05, 0.1) is 0 Å². The minimum absolute atomic E-state index is 0.155. The largest absolute Gasteiger partial charge is 0.271 e. The predicted molar refractivity (Wildman–Crippen MR) is 78.6 cm³/mol. The Kier molecular flexibility index (Phi) is 3.99. The Balaban J connectivity index is 1.84. The zero-order valence-electron chi connectivity index (χ0n) is 11.7. The van der Waals surface area contributed by atoms with Crippen LogP contribution in [0.15, 0.2) is 36.4 Å². The normalized spacial score (nSPS) is 15.0. The minimum atomic E-state index is -0.560. The van der Waals surface area contributed by atoms with Gasteiger partial charge in [-0.2, -0.15) is 0 Å². The van der Waals surface area contributed by atoms with E-state index in [2.05, 4.69) is 17.6 Å². The predicted octanol–water partition coefficient (Wildman–Crippen LogP) is 3.20. The highest BCUT2D eigenvalue weighted by atomic mass is 19.1. The zero-order chi connectivity index (χ0) is 14.8. The number of nitrogens with two attached hydrogens (primary N) is 1. The Labute approximate surface area is 122 Å². The number of nitrogens with one attached hydrogen (secondary N) is 1. The smallest absolute Gasteiger partial charge is 0.126 e.